The molecule has 2 aromatic rings. The number of benzene rings is 1. The Balaban J connectivity index is 1.71. The molecule has 7 heteroatoms. The lowest BCUT2D eigenvalue weighted by Gasteiger charge is -2.34. The topological polar surface area (TPSA) is 89.2 Å². The third-order valence-electron chi connectivity index (χ3n) is 4.23. The van der Waals surface area contributed by atoms with Crippen molar-refractivity contribution in [2.24, 2.45) is 0 Å². The average molecular weight is 333 g/mol. The van der Waals surface area contributed by atoms with Gasteiger partial charge < -0.3 is 10.1 Å². The predicted molar refractivity (Wildman–Crippen MR) is 87.4 cm³/mol. The summed E-state index contributed by atoms with van der Waals surface area (Å²) >= 11 is 0. The molecule has 3 rings (SSSR count). The number of aliphatic hydroxyl groups is 1. The summed E-state index contributed by atoms with van der Waals surface area (Å²) in [6, 6.07) is 6.18. The highest BCUT2D eigenvalue weighted by atomic mass is 19.1. The molecule has 24 heavy (non-hydrogen) atoms. The van der Waals surface area contributed by atoms with E-state index < -0.39 is 11.3 Å². The third-order valence-corrected chi connectivity index (χ3v) is 4.23. The zero-order valence-electron chi connectivity index (χ0n) is 13.4. The summed E-state index contributed by atoms with van der Waals surface area (Å²) in [6.45, 7) is 3.07. The molecule has 0 radical (unpaired) electrons. The second-order valence-electron chi connectivity index (χ2n) is 6.63. The summed E-state index contributed by atoms with van der Waals surface area (Å²) in [5, 5.41) is 10.7. The highest BCUT2D eigenvalue weighted by molar-refractivity contribution is 5.20. The number of β-amino-alcohol motifs (C(OH)–C–C–N with tert-alkyl or cyclic N) is 1. The van der Waals surface area contributed by atoms with Crippen LogP contribution in [0.25, 0.3) is 0 Å². The monoisotopic (exact) mass is 333 g/mol. The van der Waals surface area contributed by atoms with E-state index in [1.54, 1.807) is 19.1 Å². The van der Waals surface area contributed by atoms with Crippen LogP contribution in [0.3, 0.4) is 0 Å². The lowest BCUT2D eigenvalue weighted by molar-refractivity contribution is 0.0153. The van der Waals surface area contributed by atoms with E-state index in [2.05, 4.69) is 9.97 Å². The van der Waals surface area contributed by atoms with Crippen molar-refractivity contribution in [3.63, 3.8) is 0 Å². The van der Waals surface area contributed by atoms with Crippen LogP contribution in [0.2, 0.25) is 0 Å². The number of hydrogen-bond acceptors (Lipinski definition) is 4. The standard InChI is InChI=1S/C17H20FN3O3/c1-17(24,8-11-3-2-4-12(18)7-11)10-21-6-5-13-14(9-21)19-16(23)20-15(13)22/h2-4,7,24H,5-6,8-10H2,1H3,(H2,19,20,22,23). The molecule has 2 heterocycles. The van der Waals surface area contributed by atoms with Gasteiger partial charge in [-0.3, -0.25) is 14.7 Å². The lowest BCUT2D eigenvalue weighted by Crippen LogP contribution is -2.46. The van der Waals surface area contributed by atoms with Gasteiger partial charge in [0.05, 0.1) is 5.60 Å². The minimum atomic E-state index is -1.05. The summed E-state index contributed by atoms with van der Waals surface area (Å²) in [4.78, 5) is 30.1. The van der Waals surface area contributed by atoms with Crippen molar-refractivity contribution in [3.05, 3.63) is 67.7 Å². The second kappa shape index (κ2) is 6.33. The molecule has 0 saturated carbocycles. The Morgan fingerprint density at radius 2 is 2.12 bits per heavy atom. The number of aromatic nitrogens is 2. The fraction of sp³-hybridized carbons (Fsp3) is 0.412. The SMILES string of the molecule is CC(O)(Cc1cccc(F)c1)CN1CCc2c([nH]c(=O)[nH]c2=O)C1. The van der Waals surface area contributed by atoms with Crippen LogP contribution in [-0.2, 0) is 19.4 Å². The Morgan fingerprint density at radius 3 is 2.88 bits per heavy atom. The lowest BCUT2D eigenvalue weighted by atomic mass is 9.94. The van der Waals surface area contributed by atoms with E-state index in [-0.39, 0.29) is 11.4 Å². The van der Waals surface area contributed by atoms with Gasteiger partial charge in [-0.25, -0.2) is 9.18 Å². The molecular weight excluding hydrogens is 313 g/mol. The summed E-state index contributed by atoms with van der Waals surface area (Å²) in [6.07, 6.45) is 0.831. The molecule has 0 amide bonds. The first-order valence-electron chi connectivity index (χ1n) is 7.86. The van der Waals surface area contributed by atoms with Gasteiger partial charge in [-0.15, -0.1) is 0 Å². The fourth-order valence-electron chi connectivity index (χ4n) is 3.29. The molecule has 1 aromatic carbocycles. The van der Waals surface area contributed by atoms with Crippen molar-refractivity contribution < 1.29 is 9.50 Å². The van der Waals surface area contributed by atoms with E-state index in [4.69, 9.17) is 0 Å². The van der Waals surface area contributed by atoms with Gasteiger partial charge in [0, 0.05) is 37.3 Å². The van der Waals surface area contributed by atoms with Crippen LogP contribution in [0.4, 0.5) is 4.39 Å². The fourth-order valence-corrected chi connectivity index (χ4v) is 3.29. The minimum absolute atomic E-state index is 0.319. The molecular formula is C17H20FN3O3. The van der Waals surface area contributed by atoms with Gasteiger partial charge in [-0.1, -0.05) is 12.1 Å². The van der Waals surface area contributed by atoms with Crippen LogP contribution in [0.1, 0.15) is 23.7 Å². The van der Waals surface area contributed by atoms with Crippen molar-refractivity contribution in [1.29, 1.82) is 0 Å². The van der Waals surface area contributed by atoms with Crippen molar-refractivity contribution in [1.82, 2.24) is 14.9 Å². The molecule has 0 aliphatic carbocycles. The van der Waals surface area contributed by atoms with Crippen LogP contribution >= 0.6 is 0 Å². The largest absolute Gasteiger partial charge is 0.388 e. The Bertz CT molecular complexity index is 857. The number of aromatic amines is 2. The van der Waals surface area contributed by atoms with Crippen molar-refractivity contribution in [2.45, 2.75) is 31.9 Å². The Labute approximate surface area is 138 Å². The van der Waals surface area contributed by atoms with E-state index in [0.717, 1.165) is 5.56 Å². The first-order valence-corrected chi connectivity index (χ1v) is 7.86. The van der Waals surface area contributed by atoms with E-state index in [0.29, 0.717) is 43.7 Å². The average Bonchev–Trinajstić information content (AvgIpc) is 2.45. The number of nitrogens with zero attached hydrogens (tertiary/aromatic N) is 1. The normalized spacial score (nSPS) is 17.3. The first kappa shape index (κ1) is 16.6. The van der Waals surface area contributed by atoms with Crippen LogP contribution in [0, 0.1) is 5.82 Å². The number of H-pyrrole nitrogens is 2. The highest BCUT2D eigenvalue weighted by Crippen LogP contribution is 2.19. The molecule has 6 nitrogen and oxygen atoms in total. The smallest absolute Gasteiger partial charge is 0.325 e. The number of nitrogens with one attached hydrogen (secondary N) is 2. The number of rotatable bonds is 4. The third kappa shape index (κ3) is 3.80. The maximum Gasteiger partial charge on any atom is 0.325 e. The maximum atomic E-state index is 13.3. The molecule has 0 saturated heterocycles. The quantitative estimate of drug-likeness (QED) is 0.762. The van der Waals surface area contributed by atoms with Crippen LogP contribution in [-0.4, -0.2) is 38.7 Å². The summed E-state index contributed by atoms with van der Waals surface area (Å²) in [7, 11) is 0. The Kier molecular flexibility index (Phi) is 4.38. The highest BCUT2D eigenvalue weighted by Gasteiger charge is 2.28. The van der Waals surface area contributed by atoms with Crippen molar-refractivity contribution >= 4 is 0 Å². The van der Waals surface area contributed by atoms with Gasteiger partial charge in [-0.2, -0.15) is 0 Å². The van der Waals surface area contributed by atoms with Gasteiger partial charge in [-0.05, 0) is 31.0 Å². The molecule has 0 fully saturated rings. The van der Waals surface area contributed by atoms with E-state index in [1.807, 2.05) is 4.90 Å². The molecule has 1 aliphatic heterocycles. The zero-order chi connectivity index (χ0) is 17.3. The predicted octanol–water partition coefficient (Wildman–Crippen LogP) is 0.554. The minimum Gasteiger partial charge on any atom is -0.388 e. The van der Waals surface area contributed by atoms with Gasteiger partial charge in [0.15, 0.2) is 0 Å². The Hall–Kier alpha value is -2.25. The van der Waals surface area contributed by atoms with Gasteiger partial charge in [0.1, 0.15) is 5.82 Å². The van der Waals surface area contributed by atoms with E-state index in [1.165, 1.54) is 12.1 Å². The van der Waals surface area contributed by atoms with Crippen LogP contribution in [0.15, 0.2) is 33.9 Å². The summed E-state index contributed by atoms with van der Waals surface area (Å²) in [5.74, 6) is -0.327. The number of hydrogen-bond donors (Lipinski definition) is 3. The molecule has 1 atom stereocenters. The molecule has 1 aromatic heterocycles. The summed E-state index contributed by atoms with van der Waals surface area (Å²) < 4.78 is 13.3. The van der Waals surface area contributed by atoms with Gasteiger partial charge in [0.2, 0.25) is 0 Å². The molecule has 3 N–H and O–H groups in total. The zero-order valence-corrected chi connectivity index (χ0v) is 13.4. The molecule has 1 aliphatic rings. The molecule has 0 bridgehead atoms. The van der Waals surface area contributed by atoms with Crippen LogP contribution < -0.4 is 11.2 Å². The van der Waals surface area contributed by atoms with Gasteiger partial charge >= 0.3 is 5.69 Å². The van der Waals surface area contributed by atoms with E-state index >= 15 is 0 Å². The number of fused-ring (bicyclic) bond motifs is 1. The van der Waals surface area contributed by atoms with E-state index in [9.17, 15) is 19.1 Å². The number of halogens is 1. The molecule has 0 spiro atoms. The van der Waals surface area contributed by atoms with Gasteiger partial charge in [0.25, 0.3) is 5.56 Å². The Morgan fingerprint density at radius 1 is 1.33 bits per heavy atom. The second-order valence-corrected chi connectivity index (χ2v) is 6.63. The molecule has 1 unspecified atom stereocenters. The first-order chi connectivity index (χ1) is 11.3. The summed E-state index contributed by atoms with van der Waals surface area (Å²) in [5.41, 5.74) is -0.00578. The van der Waals surface area contributed by atoms with Crippen molar-refractivity contribution in [3.8, 4) is 0 Å². The van der Waals surface area contributed by atoms with Crippen LogP contribution in [0.5, 0.6) is 0 Å². The van der Waals surface area contributed by atoms with Crippen molar-refractivity contribution in [2.75, 3.05) is 13.1 Å². The molecule has 128 valence electrons. The maximum absolute atomic E-state index is 13.3.